The average Bonchev–Trinajstić information content (AvgIpc) is 2.89. The first-order valence-corrected chi connectivity index (χ1v) is 6.79. The number of aryl methyl sites for hydroxylation is 1. The molecular weight excluding hydrogens is 242 g/mol. The molecule has 1 atom stereocenters. The fourth-order valence-electron chi connectivity index (χ4n) is 1.84. The molecule has 2 aromatic rings. The molecule has 2 aromatic heterocycles. The van der Waals surface area contributed by atoms with E-state index >= 15 is 0 Å². The highest BCUT2D eigenvalue weighted by molar-refractivity contribution is 7.10. The normalized spacial score (nSPS) is 11.8. The number of rotatable bonds is 4. The van der Waals surface area contributed by atoms with Gasteiger partial charge >= 0.3 is 0 Å². The highest BCUT2D eigenvalue weighted by Gasteiger charge is 2.14. The molecule has 0 aromatic carbocycles. The van der Waals surface area contributed by atoms with Crippen LogP contribution < -0.4 is 5.32 Å². The zero-order valence-electron chi connectivity index (χ0n) is 10.5. The molecule has 92 valence electrons. The molecule has 1 N–H and O–H groups in total. The zero-order chi connectivity index (χ0) is 13.0. The summed E-state index contributed by atoms with van der Waals surface area (Å²) in [7, 11) is 0. The quantitative estimate of drug-likeness (QED) is 0.904. The Hall–Kier alpha value is -1.86. The van der Waals surface area contributed by atoms with Crippen LogP contribution >= 0.6 is 11.3 Å². The van der Waals surface area contributed by atoms with Crippen molar-refractivity contribution in [2.75, 3.05) is 5.32 Å². The Labute approximate surface area is 111 Å². The summed E-state index contributed by atoms with van der Waals surface area (Å²) in [5.74, 6) is 0.678. The summed E-state index contributed by atoms with van der Waals surface area (Å²) in [4.78, 5) is 5.55. The summed E-state index contributed by atoms with van der Waals surface area (Å²) in [6, 6.07) is 8.43. The van der Waals surface area contributed by atoms with Gasteiger partial charge in [0, 0.05) is 11.1 Å². The molecule has 2 heterocycles. The van der Waals surface area contributed by atoms with Crippen LogP contribution in [0.3, 0.4) is 0 Å². The molecule has 0 aliphatic carbocycles. The number of aromatic nitrogens is 1. The number of hydrogen-bond donors (Lipinski definition) is 1. The molecule has 0 amide bonds. The average molecular weight is 257 g/mol. The van der Waals surface area contributed by atoms with E-state index < -0.39 is 0 Å². The fourth-order valence-corrected chi connectivity index (χ4v) is 2.70. The highest BCUT2D eigenvalue weighted by Crippen LogP contribution is 2.27. The molecule has 3 nitrogen and oxygen atoms in total. The van der Waals surface area contributed by atoms with Gasteiger partial charge in [0.15, 0.2) is 0 Å². The van der Waals surface area contributed by atoms with E-state index in [1.54, 1.807) is 17.5 Å². The summed E-state index contributed by atoms with van der Waals surface area (Å²) in [5, 5.41) is 14.6. The van der Waals surface area contributed by atoms with Gasteiger partial charge in [-0.2, -0.15) is 5.26 Å². The molecule has 0 spiro atoms. The molecule has 1 unspecified atom stereocenters. The van der Waals surface area contributed by atoms with E-state index in [0.717, 1.165) is 12.0 Å². The zero-order valence-corrected chi connectivity index (χ0v) is 11.3. The van der Waals surface area contributed by atoms with Crippen LogP contribution in [0.1, 0.15) is 35.4 Å². The first-order valence-electron chi connectivity index (χ1n) is 5.92. The van der Waals surface area contributed by atoms with Crippen molar-refractivity contribution in [3.05, 3.63) is 45.8 Å². The molecule has 0 aliphatic heterocycles. The van der Waals surface area contributed by atoms with Crippen molar-refractivity contribution < 1.29 is 0 Å². The van der Waals surface area contributed by atoms with Gasteiger partial charge in [-0.25, -0.2) is 4.98 Å². The Morgan fingerprint density at radius 3 is 2.94 bits per heavy atom. The van der Waals surface area contributed by atoms with Crippen LogP contribution in [-0.2, 0) is 0 Å². The second-order valence-electron chi connectivity index (χ2n) is 4.08. The third-order valence-electron chi connectivity index (χ3n) is 2.88. The molecule has 0 fully saturated rings. The predicted molar refractivity (Wildman–Crippen MR) is 74.7 cm³/mol. The van der Waals surface area contributed by atoms with Gasteiger partial charge in [0.1, 0.15) is 11.9 Å². The van der Waals surface area contributed by atoms with E-state index in [2.05, 4.69) is 34.7 Å². The highest BCUT2D eigenvalue weighted by atomic mass is 32.1. The first kappa shape index (κ1) is 12.6. The van der Waals surface area contributed by atoms with Gasteiger partial charge in [0.2, 0.25) is 0 Å². The largest absolute Gasteiger partial charge is 0.361 e. The van der Waals surface area contributed by atoms with Crippen molar-refractivity contribution >= 4 is 17.2 Å². The van der Waals surface area contributed by atoms with Crippen LogP contribution in [0.5, 0.6) is 0 Å². The molecule has 0 bridgehead atoms. The number of nitriles is 1. The maximum absolute atomic E-state index is 9.19. The predicted octanol–water partition coefficient (Wildman–Crippen LogP) is 3.89. The van der Waals surface area contributed by atoms with Crippen molar-refractivity contribution in [2.45, 2.75) is 26.3 Å². The smallest absolute Gasteiger partial charge is 0.144 e. The number of nitrogens with zero attached hydrogens (tertiary/aromatic N) is 2. The summed E-state index contributed by atoms with van der Waals surface area (Å²) in [6.07, 6.45) is 2.70. The van der Waals surface area contributed by atoms with Gasteiger partial charge in [0.25, 0.3) is 0 Å². The Bertz CT molecular complexity index is 555. The van der Waals surface area contributed by atoms with Gasteiger partial charge < -0.3 is 5.32 Å². The van der Waals surface area contributed by atoms with Crippen LogP contribution in [0.2, 0.25) is 0 Å². The van der Waals surface area contributed by atoms with E-state index in [1.165, 1.54) is 4.88 Å². The van der Waals surface area contributed by atoms with Gasteiger partial charge in [0.05, 0.1) is 11.6 Å². The van der Waals surface area contributed by atoms with Crippen molar-refractivity contribution in [3.63, 3.8) is 0 Å². The molecule has 4 heteroatoms. The van der Waals surface area contributed by atoms with E-state index in [4.69, 9.17) is 0 Å². The Balaban J connectivity index is 2.29. The van der Waals surface area contributed by atoms with Crippen LogP contribution in [0, 0.1) is 18.3 Å². The van der Waals surface area contributed by atoms with Crippen molar-refractivity contribution in [1.29, 1.82) is 5.26 Å². The maximum Gasteiger partial charge on any atom is 0.144 e. The molecule has 2 rings (SSSR count). The van der Waals surface area contributed by atoms with Gasteiger partial charge in [-0.15, -0.1) is 11.3 Å². The second kappa shape index (κ2) is 5.65. The monoisotopic (exact) mass is 257 g/mol. The van der Waals surface area contributed by atoms with Gasteiger partial charge in [-0.05, 0) is 36.4 Å². The minimum Gasteiger partial charge on any atom is -0.361 e. The number of anilines is 1. The lowest BCUT2D eigenvalue weighted by Gasteiger charge is -2.17. The van der Waals surface area contributed by atoms with E-state index in [1.807, 2.05) is 19.1 Å². The van der Waals surface area contributed by atoms with Crippen LogP contribution in [0.15, 0.2) is 29.8 Å². The van der Waals surface area contributed by atoms with Crippen LogP contribution in [0.4, 0.5) is 5.82 Å². The SMILES string of the molecule is CCC(Nc1nccc(C)c1C#N)c1cccs1. The molecule has 0 saturated carbocycles. The molecule has 0 aliphatic rings. The fraction of sp³-hybridized carbons (Fsp3) is 0.286. The Kier molecular flexibility index (Phi) is 3.96. The number of nitrogens with one attached hydrogen (secondary N) is 1. The third kappa shape index (κ3) is 2.52. The standard InChI is InChI=1S/C14H15N3S/c1-3-12(13-5-4-8-18-13)17-14-11(9-15)10(2)6-7-16-14/h4-8,12H,3H2,1-2H3,(H,16,17). The Morgan fingerprint density at radius 1 is 1.50 bits per heavy atom. The summed E-state index contributed by atoms with van der Waals surface area (Å²) in [5.41, 5.74) is 1.59. The number of pyridine rings is 1. The van der Waals surface area contributed by atoms with Crippen LogP contribution in [-0.4, -0.2) is 4.98 Å². The summed E-state index contributed by atoms with van der Waals surface area (Å²) >= 11 is 1.72. The van der Waals surface area contributed by atoms with Crippen LogP contribution in [0.25, 0.3) is 0 Å². The number of thiophene rings is 1. The Morgan fingerprint density at radius 2 is 2.33 bits per heavy atom. The first-order chi connectivity index (χ1) is 8.76. The minimum atomic E-state index is 0.214. The maximum atomic E-state index is 9.19. The molecule has 0 saturated heterocycles. The molecule has 18 heavy (non-hydrogen) atoms. The molecule has 0 radical (unpaired) electrons. The lowest BCUT2D eigenvalue weighted by Crippen LogP contribution is -2.11. The molecular formula is C14H15N3S. The minimum absolute atomic E-state index is 0.214. The van der Waals surface area contributed by atoms with Crippen molar-refractivity contribution in [2.24, 2.45) is 0 Å². The summed E-state index contributed by atoms with van der Waals surface area (Å²) < 4.78 is 0. The van der Waals surface area contributed by atoms with Crippen molar-refractivity contribution in [3.8, 4) is 6.07 Å². The summed E-state index contributed by atoms with van der Waals surface area (Å²) in [6.45, 7) is 4.05. The third-order valence-corrected chi connectivity index (χ3v) is 3.86. The van der Waals surface area contributed by atoms with Crippen molar-refractivity contribution in [1.82, 2.24) is 4.98 Å². The lowest BCUT2D eigenvalue weighted by atomic mass is 10.1. The van der Waals surface area contributed by atoms with Gasteiger partial charge in [-0.3, -0.25) is 0 Å². The van der Waals surface area contributed by atoms with Gasteiger partial charge in [-0.1, -0.05) is 13.0 Å². The van der Waals surface area contributed by atoms with E-state index in [0.29, 0.717) is 11.4 Å². The topological polar surface area (TPSA) is 48.7 Å². The van der Waals surface area contributed by atoms with E-state index in [9.17, 15) is 5.26 Å². The van der Waals surface area contributed by atoms with E-state index in [-0.39, 0.29) is 6.04 Å². The number of hydrogen-bond acceptors (Lipinski definition) is 4. The second-order valence-corrected chi connectivity index (χ2v) is 5.06. The lowest BCUT2D eigenvalue weighted by molar-refractivity contribution is 0.758.